The van der Waals surface area contributed by atoms with Crippen molar-refractivity contribution in [1.82, 2.24) is 4.98 Å². The molecule has 1 heterocycles. The lowest BCUT2D eigenvalue weighted by atomic mass is 10.1. The van der Waals surface area contributed by atoms with E-state index in [0.29, 0.717) is 10.6 Å². The minimum atomic E-state index is -1.35. The summed E-state index contributed by atoms with van der Waals surface area (Å²) in [5.41, 5.74) is 0.686. The number of aliphatic hydroxyl groups excluding tert-OH is 1. The number of thiazole rings is 1. The number of nitrogens with zero attached hydrogens (tertiary/aromatic N) is 1. The highest BCUT2D eigenvalue weighted by Gasteiger charge is 2.23. The Balaban J connectivity index is 2.50. The van der Waals surface area contributed by atoms with Crippen LogP contribution < -0.4 is 0 Å². The molecule has 0 fully saturated rings. The van der Waals surface area contributed by atoms with E-state index in [2.05, 4.69) is 4.98 Å². The molecule has 90 valence electrons. The molecule has 0 saturated heterocycles. The first kappa shape index (κ1) is 12.1. The van der Waals surface area contributed by atoms with Crippen LogP contribution in [-0.4, -0.2) is 10.1 Å². The topological polar surface area (TPSA) is 33.1 Å². The molecule has 0 spiro atoms. The molecule has 0 aliphatic heterocycles. The van der Waals surface area contributed by atoms with Gasteiger partial charge in [0, 0.05) is 11.1 Å². The molecule has 1 unspecified atom stereocenters. The SMILES string of the molecule is Cc1csc(C(O)c2c(F)ccc(C)c2F)n1. The van der Waals surface area contributed by atoms with E-state index < -0.39 is 17.7 Å². The van der Waals surface area contributed by atoms with Crippen molar-refractivity contribution in [2.45, 2.75) is 20.0 Å². The number of aliphatic hydroxyl groups is 1. The van der Waals surface area contributed by atoms with Crippen molar-refractivity contribution in [3.8, 4) is 0 Å². The Bertz CT molecular complexity index is 553. The Kier molecular flexibility index (Phi) is 3.22. The predicted octanol–water partition coefficient (Wildman–Crippen LogP) is 3.12. The summed E-state index contributed by atoms with van der Waals surface area (Å²) >= 11 is 1.18. The van der Waals surface area contributed by atoms with Gasteiger partial charge in [-0.1, -0.05) is 6.07 Å². The lowest BCUT2D eigenvalue weighted by Gasteiger charge is -2.11. The molecule has 2 rings (SSSR count). The fraction of sp³-hybridized carbons (Fsp3) is 0.250. The second-order valence-corrected chi connectivity index (χ2v) is 4.71. The highest BCUT2D eigenvalue weighted by Crippen LogP contribution is 2.30. The zero-order valence-corrected chi connectivity index (χ0v) is 10.2. The quantitative estimate of drug-likeness (QED) is 0.894. The molecule has 0 amide bonds. The smallest absolute Gasteiger partial charge is 0.136 e. The van der Waals surface area contributed by atoms with E-state index in [1.807, 2.05) is 0 Å². The number of benzene rings is 1. The van der Waals surface area contributed by atoms with Crippen LogP contribution in [0.4, 0.5) is 8.78 Å². The third-order valence-corrected chi connectivity index (χ3v) is 3.48. The molecule has 2 aromatic rings. The van der Waals surface area contributed by atoms with Crippen LogP contribution in [0.1, 0.15) is 27.9 Å². The largest absolute Gasteiger partial charge is 0.381 e. The van der Waals surface area contributed by atoms with Gasteiger partial charge in [-0.15, -0.1) is 11.3 Å². The monoisotopic (exact) mass is 255 g/mol. The van der Waals surface area contributed by atoms with Crippen LogP contribution in [0.3, 0.4) is 0 Å². The maximum atomic E-state index is 13.8. The van der Waals surface area contributed by atoms with Gasteiger partial charge in [0.15, 0.2) is 0 Å². The Hall–Kier alpha value is -1.33. The standard InChI is InChI=1S/C12H11F2NOS/c1-6-3-4-8(13)9(10(6)14)11(16)12-15-7(2)5-17-12/h3-5,11,16H,1-2H3. The summed E-state index contributed by atoms with van der Waals surface area (Å²) in [4.78, 5) is 4.03. The molecule has 1 atom stereocenters. The second-order valence-electron chi connectivity index (χ2n) is 3.82. The highest BCUT2D eigenvalue weighted by molar-refractivity contribution is 7.09. The molecule has 0 radical (unpaired) electrons. The van der Waals surface area contributed by atoms with E-state index in [9.17, 15) is 13.9 Å². The minimum Gasteiger partial charge on any atom is -0.381 e. The van der Waals surface area contributed by atoms with Crippen molar-refractivity contribution in [3.05, 3.63) is 51.0 Å². The van der Waals surface area contributed by atoms with Gasteiger partial charge in [0.1, 0.15) is 22.7 Å². The number of halogens is 2. The summed E-state index contributed by atoms with van der Waals surface area (Å²) in [7, 11) is 0. The van der Waals surface area contributed by atoms with Crippen molar-refractivity contribution >= 4 is 11.3 Å². The van der Waals surface area contributed by atoms with Crippen LogP contribution in [0.15, 0.2) is 17.5 Å². The van der Waals surface area contributed by atoms with Gasteiger partial charge >= 0.3 is 0 Å². The van der Waals surface area contributed by atoms with E-state index in [0.717, 1.165) is 11.8 Å². The first-order valence-electron chi connectivity index (χ1n) is 5.05. The van der Waals surface area contributed by atoms with Gasteiger partial charge in [0.05, 0.1) is 5.56 Å². The highest BCUT2D eigenvalue weighted by atomic mass is 32.1. The molecule has 0 aliphatic rings. The summed E-state index contributed by atoms with van der Waals surface area (Å²) in [6.45, 7) is 3.29. The third kappa shape index (κ3) is 2.21. The second kappa shape index (κ2) is 4.50. The van der Waals surface area contributed by atoms with Crippen molar-refractivity contribution in [1.29, 1.82) is 0 Å². The summed E-state index contributed by atoms with van der Waals surface area (Å²) in [5, 5.41) is 12.0. The molecular formula is C12H11F2NOS. The Morgan fingerprint density at radius 2 is 2.00 bits per heavy atom. The Morgan fingerprint density at radius 3 is 2.59 bits per heavy atom. The van der Waals surface area contributed by atoms with Crippen molar-refractivity contribution < 1.29 is 13.9 Å². The van der Waals surface area contributed by atoms with E-state index in [1.54, 1.807) is 12.3 Å². The van der Waals surface area contributed by atoms with Crippen LogP contribution in [0.5, 0.6) is 0 Å². The molecule has 5 heteroatoms. The van der Waals surface area contributed by atoms with E-state index in [1.165, 1.54) is 24.3 Å². The Morgan fingerprint density at radius 1 is 1.29 bits per heavy atom. The number of hydrogen-bond acceptors (Lipinski definition) is 3. The van der Waals surface area contributed by atoms with Crippen molar-refractivity contribution in [3.63, 3.8) is 0 Å². The number of hydrogen-bond donors (Lipinski definition) is 1. The average molecular weight is 255 g/mol. The number of aryl methyl sites for hydroxylation is 2. The lowest BCUT2D eigenvalue weighted by molar-refractivity contribution is 0.208. The molecule has 1 aromatic heterocycles. The zero-order valence-electron chi connectivity index (χ0n) is 9.37. The molecule has 0 aliphatic carbocycles. The van der Waals surface area contributed by atoms with Crippen molar-refractivity contribution in [2.75, 3.05) is 0 Å². The van der Waals surface area contributed by atoms with Gasteiger partial charge < -0.3 is 5.11 Å². The number of aromatic nitrogens is 1. The van der Waals surface area contributed by atoms with Crippen LogP contribution in [-0.2, 0) is 0 Å². The van der Waals surface area contributed by atoms with Crippen molar-refractivity contribution in [2.24, 2.45) is 0 Å². The van der Waals surface area contributed by atoms with E-state index in [4.69, 9.17) is 0 Å². The molecule has 17 heavy (non-hydrogen) atoms. The van der Waals surface area contributed by atoms with Crippen LogP contribution in [0, 0.1) is 25.5 Å². The lowest BCUT2D eigenvalue weighted by Crippen LogP contribution is -2.07. The fourth-order valence-electron chi connectivity index (χ4n) is 1.55. The van der Waals surface area contributed by atoms with Gasteiger partial charge in [-0.25, -0.2) is 13.8 Å². The Labute approximate surface area is 102 Å². The van der Waals surface area contributed by atoms with Gasteiger partial charge in [0.2, 0.25) is 0 Å². The fourth-order valence-corrected chi connectivity index (χ4v) is 2.34. The average Bonchev–Trinajstić information content (AvgIpc) is 2.71. The van der Waals surface area contributed by atoms with Gasteiger partial charge in [-0.2, -0.15) is 0 Å². The zero-order chi connectivity index (χ0) is 12.6. The third-order valence-electron chi connectivity index (χ3n) is 2.46. The van der Waals surface area contributed by atoms with Crippen LogP contribution in [0.2, 0.25) is 0 Å². The minimum absolute atomic E-state index is 0.297. The van der Waals surface area contributed by atoms with Gasteiger partial charge in [0.25, 0.3) is 0 Å². The number of rotatable bonds is 2. The molecule has 2 nitrogen and oxygen atoms in total. The first-order chi connectivity index (χ1) is 8.00. The summed E-state index contributed by atoms with van der Waals surface area (Å²) in [5.74, 6) is -1.47. The van der Waals surface area contributed by atoms with Gasteiger partial charge in [-0.05, 0) is 25.5 Å². The maximum Gasteiger partial charge on any atom is 0.136 e. The van der Waals surface area contributed by atoms with Crippen LogP contribution >= 0.6 is 11.3 Å². The molecular weight excluding hydrogens is 244 g/mol. The van der Waals surface area contributed by atoms with Crippen LogP contribution in [0.25, 0.3) is 0 Å². The van der Waals surface area contributed by atoms with Gasteiger partial charge in [-0.3, -0.25) is 0 Å². The molecule has 1 N–H and O–H groups in total. The molecule has 0 bridgehead atoms. The summed E-state index contributed by atoms with van der Waals surface area (Å²) in [6.07, 6.45) is -1.35. The normalized spacial score (nSPS) is 12.8. The molecule has 0 saturated carbocycles. The summed E-state index contributed by atoms with van der Waals surface area (Å²) < 4.78 is 27.3. The predicted molar refractivity (Wildman–Crippen MR) is 62.0 cm³/mol. The summed E-state index contributed by atoms with van der Waals surface area (Å²) in [6, 6.07) is 2.49. The maximum absolute atomic E-state index is 13.8. The first-order valence-corrected chi connectivity index (χ1v) is 5.93. The van der Waals surface area contributed by atoms with E-state index >= 15 is 0 Å². The van der Waals surface area contributed by atoms with E-state index in [-0.39, 0.29) is 5.56 Å². The molecule has 1 aromatic carbocycles.